The van der Waals surface area contributed by atoms with Crippen LogP contribution in [0.15, 0.2) is 23.6 Å². The summed E-state index contributed by atoms with van der Waals surface area (Å²) in [7, 11) is 0. The molecule has 18 heavy (non-hydrogen) atoms. The minimum atomic E-state index is -0.810. The summed E-state index contributed by atoms with van der Waals surface area (Å²) in [5, 5.41) is 10.9. The Labute approximate surface area is 110 Å². The number of piperidine rings is 1. The van der Waals surface area contributed by atoms with E-state index in [1.54, 1.807) is 22.3 Å². The summed E-state index contributed by atoms with van der Waals surface area (Å²) in [6.45, 7) is 0.973. The van der Waals surface area contributed by atoms with Crippen LogP contribution in [0.3, 0.4) is 0 Å². The third-order valence-corrected chi connectivity index (χ3v) is 3.85. The van der Waals surface area contributed by atoms with Gasteiger partial charge in [0, 0.05) is 24.0 Å². The zero-order valence-electron chi connectivity index (χ0n) is 9.91. The Kier molecular flexibility index (Phi) is 4.15. The fourth-order valence-corrected chi connectivity index (χ4v) is 2.64. The second-order valence-electron chi connectivity index (χ2n) is 4.31. The molecule has 0 bridgehead atoms. The quantitative estimate of drug-likeness (QED) is 0.851. The number of hydrogen-bond donors (Lipinski definition) is 1. The molecule has 0 aromatic carbocycles. The lowest BCUT2D eigenvalue weighted by Gasteiger charge is -2.29. The van der Waals surface area contributed by atoms with Crippen LogP contribution >= 0.6 is 11.3 Å². The van der Waals surface area contributed by atoms with Gasteiger partial charge in [-0.05, 0) is 30.4 Å². The standard InChI is InChI=1S/C13H15NO3S/c15-12(6-5-11-4-2-8-18-11)14-7-1-3-10(9-14)13(16)17/h2,4-6,8,10H,1,3,7,9H2,(H,16,17)/b6-5-/t10-/m1/s1. The molecule has 1 aromatic heterocycles. The molecular weight excluding hydrogens is 250 g/mol. The van der Waals surface area contributed by atoms with Gasteiger partial charge in [0.2, 0.25) is 5.91 Å². The van der Waals surface area contributed by atoms with Gasteiger partial charge in [-0.2, -0.15) is 0 Å². The number of rotatable bonds is 3. The number of carbonyl (C=O) groups excluding carboxylic acids is 1. The molecule has 1 fully saturated rings. The molecule has 0 radical (unpaired) electrons. The molecule has 1 saturated heterocycles. The molecule has 1 atom stereocenters. The van der Waals surface area contributed by atoms with Crippen molar-refractivity contribution in [3.05, 3.63) is 28.5 Å². The van der Waals surface area contributed by atoms with Gasteiger partial charge >= 0.3 is 5.97 Å². The van der Waals surface area contributed by atoms with E-state index >= 15 is 0 Å². The van der Waals surface area contributed by atoms with E-state index in [0.29, 0.717) is 19.5 Å². The van der Waals surface area contributed by atoms with E-state index in [9.17, 15) is 9.59 Å². The molecule has 0 unspecified atom stereocenters. The Morgan fingerprint density at radius 2 is 2.33 bits per heavy atom. The van der Waals surface area contributed by atoms with Crippen LogP contribution in [0, 0.1) is 5.92 Å². The van der Waals surface area contributed by atoms with E-state index in [1.807, 2.05) is 17.5 Å². The third-order valence-electron chi connectivity index (χ3n) is 3.02. The number of hydrogen-bond acceptors (Lipinski definition) is 3. The number of aliphatic carboxylic acids is 1. The molecule has 4 nitrogen and oxygen atoms in total. The second-order valence-corrected chi connectivity index (χ2v) is 5.29. The Bertz CT molecular complexity index is 453. The summed E-state index contributed by atoms with van der Waals surface area (Å²) < 4.78 is 0. The zero-order valence-corrected chi connectivity index (χ0v) is 10.7. The largest absolute Gasteiger partial charge is 0.481 e. The summed E-state index contributed by atoms with van der Waals surface area (Å²) in [6.07, 6.45) is 4.72. The first-order chi connectivity index (χ1) is 8.66. The Balaban J connectivity index is 1.94. The molecule has 2 rings (SSSR count). The maximum Gasteiger partial charge on any atom is 0.308 e. The number of carboxylic acids is 1. The van der Waals surface area contributed by atoms with E-state index in [1.165, 1.54) is 6.08 Å². The molecule has 2 heterocycles. The lowest BCUT2D eigenvalue weighted by Crippen LogP contribution is -2.41. The number of carboxylic acid groups (broad SMARTS) is 1. The van der Waals surface area contributed by atoms with Gasteiger partial charge in [0.15, 0.2) is 0 Å². The van der Waals surface area contributed by atoms with E-state index < -0.39 is 11.9 Å². The van der Waals surface area contributed by atoms with Crippen molar-refractivity contribution in [2.45, 2.75) is 12.8 Å². The minimum absolute atomic E-state index is 0.102. The minimum Gasteiger partial charge on any atom is -0.481 e. The lowest BCUT2D eigenvalue weighted by atomic mass is 9.98. The lowest BCUT2D eigenvalue weighted by molar-refractivity contribution is -0.144. The van der Waals surface area contributed by atoms with Crippen molar-refractivity contribution in [2.75, 3.05) is 13.1 Å². The van der Waals surface area contributed by atoms with Crippen molar-refractivity contribution in [1.82, 2.24) is 4.90 Å². The highest BCUT2D eigenvalue weighted by Gasteiger charge is 2.26. The maximum absolute atomic E-state index is 11.9. The second kappa shape index (κ2) is 5.82. The van der Waals surface area contributed by atoms with Gasteiger partial charge in [-0.25, -0.2) is 0 Å². The molecule has 1 N–H and O–H groups in total. The van der Waals surface area contributed by atoms with Crippen molar-refractivity contribution in [2.24, 2.45) is 5.92 Å². The van der Waals surface area contributed by atoms with Crippen LogP contribution in [0.2, 0.25) is 0 Å². The normalized spacial score (nSPS) is 20.2. The molecule has 1 aliphatic heterocycles. The van der Waals surface area contributed by atoms with Gasteiger partial charge in [0.1, 0.15) is 0 Å². The Hall–Kier alpha value is -1.62. The van der Waals surface area contributed by atoms with E-state index in [-0.39, 0.29) is 5.91 Å². The molecule has 1 aromatic rings. The summed E-state index contributed by atoms with van der Waals surface area (Å²) >= 11 is 1.57. The smallest absolute Gasteiger partial charge is 0.308 e. The molecule has 96 valence electrons. The van der Waals surface area contributed by atoms with Gasteiger partial charge < -0.3 is 10.0 Å². The summed E-state index contributed by atoms with van der Waals surface area (Å²) in [4.78, 5) is 25.5. The van der Waals surface area contributed by atoms with Crippen molar-refractivity contribution in [3.8, 4) is 0 Å². The van der Waals surface area contributed by atoms with Gasteiger partial charge in [0.05, 0.1) is 5.92 Å². The monoisotopic (exact) mass is 265 g/mol. The molecule has 5 heteroatoms. The van der Waals surface area contributed by atoms with Crippen LogP contribution in [-0.4, -0.2) is 35.0 Å². The molecule has 0 spiro atoms. The fourth-order valence-electron chi connectivity index (χ4n) is 2.02. The summed E-state index contributed by atoms with van der Waals surface area (Å²) in [5.74, 6) is -1.33. The first kappa shape index (κ1) is 12.8. The molecular formula is C13H15NO3S. The molecule has 1 amide bonds. The van der Waals surface area contributed by atoms with Crippen LogP contribution in [0.1, 0.15) is 17.7 Å². The summed E-state index contributed by atoms with van der Waals surface area (Å²) in [6, 6.07) is 3.86. The van der Waals surface area contributed by atoms with Crippen LogP contribution in [0.5, 0.6) is 0 Å². The van der Waals surface area contributed by atoms with E-state index in [0.717, 1.165) is 11.3 Å². The van der Waals surface area contributed by atoms with Crippen molar-refractivity contribution >= 4 is 29.3 Å². The first-order valence-electron chi connectivity index (χ1n) is 5.90. The van der Waals surface area contributed by atoms with Crippen LogP contribution in [0.25, 0.3) is 6.08 Å². The van der Waals surface area contributed by atoms with Crippen molar-refractivity contribution in [3.63, 3.8) is 0 Å². The first-order valence-corrected chi connectivity index (χ1v) is 6.78. The Morgan fingerprint density at radius 1 is 1.50 bits per heavy atom. The van der Waals surface area contributed by atoms with Crippen LogP contribution < -0.4 is 0 Å². The van der Waals surface area contributed by atoms with Gasteiger partial charge in [0.25, 0.3) is 0 Å². The highest BCUT2D eigenvalue weighted by atomic mass is 32.1. The number of nitrogens with zero attached hydrogens (tertiary/aromatic N) is 1. The molecule has 0 aliphatic carbocycles. The maximum atomic E-state index is 11.9. The topological polar surface area (TPSA) is 57.6 Å². The third kappa shape index (κ3) is 3.20. The van der Waals surface area contributed by atoms with E-state index in [4.69, 9.17) is 5.11 Å². The number of likely N-dealkylation sites (tertiary alicyclic amines) is 1. The number of amides is 1. The highest BCUT2D eigenvalue weighted by Crippen LogP contribution is 2.17. The SMILES string of the molecule is O=C(O)[C@@H]1CCCN(C(=O)/C=C\c2cccs2)C1. The predicted molar refractivity (Wildman–Crippen MR) is 70.3 cm³/mol. The number of carbonyl (C=O) groups is 2. The van der Waals surface area contributed by atoms with E-state index in [2.05, 4.69) is 0 Å². The Morgan fingerprint density at radius 3 is 3.00 bits per heavy atom. The van der Waals surface area contributed by atoms with Crippen molar-refractivity contribution in [1.29, 1.82) is 0 Å². The zero-order chi connectivity index (χ0) is 13.0. The average molecular weight is 265 g/mol. The number of thiophene rings is 1. The molecule has 1 aliphatic rings. The van der Waals surface area contributed by atoms with Gasteiger partial charge in [-0.1, -0.05) is 6.07 Å². The average Bonchev–Trinajstić information content (AvgIpc) is 2.89. The molecule has 0 saturated carbocycles. The highest BCUT2D eigenvalue weighted by molar-refractivity contribution is 7.10. The van der Waals surface area contributed by atoms with Crippen LogP contribution in [-0.2, 0) is 9.59 Å². The van der Waals surface area contributed by atoms with Crippen molar-refractivity contribution < 1.29 is 14.7 Å². The fraction of sp³-hybridized carbons (Fsp3) is 0.385. The van der Waals surface area contributed by atoms with Gasteiger partial charge in [-0.3, -0.25) is 9.59 Å². The van der Waals surface area contributed by atoms with Crippen LogP contribution in [0.4, 0.5) is 0 Å². The van der Waals surface area contributed by atoms with Gasteiger partial charge in [-0.15, -0.1) is 11.3 Å². The predicted octanol–water partition coefficient (Wildman–Crippen LogP) is 2.08. The summed E-state index contributed by atoms with van der Waals surface area (Å²) in [5.41, 5.74) is 0.